The van der Waals surface area contributed by atoms with Crippen LogP contribution in [-0.2, 0) is 14.3 Å². The Hall–Kier alpha value is -0.610. The molecule has 1 unspecified atom stereocenters. The second-order valence-electron chi connectivity index (χ2n) is 3.77. The van der Waals surface area contributed by atoms with Gasteiger partial charge in [-0.2, -0.15) is 0 Å². The molecule has 4 heteroatoms. The first kappa shape index (κ1) is 12.5. The lowest BCUT2D eigenvalue weighted by Gasteiger charge is -2.21. The van der Waals surface area contributed by atoms with Crippen LogP contribution in [0.4, 0.5) is 0 Å². The summed E-state index contributed by atoms with van der Waals surface area (Å²) >= 11 is 0. The lowest BCUT2D eigenvalue weighted by atomic mass is 10.2. The molecule has 0 saturated carbocycles. The Balaban J connectivity index is 2.24. The van der Waals surface area contributed by atoms with Crippen molar-refractivity contribution in [1.29, 1.82) is 0 Å². The molecule has 0 spiro atoms. The number of carbonyl (C=O) groups is 1. The van der Waals surface area contributed by atoms with E-state index in [9.17, 15) is 4.79 Å². The number of carbonyl (C=O) groups excluding carboxylic acids is 1. The molecule has 1 aliphatic heterocycles. The molecule has 0 N–H and O–H groups in total. The van der Waals surface area contributed by atoms with E-state index in [-0.39, 0.29) is 12.0 Å². The highest BCUT2D eigenvalue weighted by Gasteiger charge is 2.30. The third-order valence-corrected chi connectivity index (χ3v) is 2.78. The number of ether oxygens (including phenoxy) is 2. The van der Waals surface area contributed by atoms with Gasteiger partial charge in [-0.3, -0.25) is 9.69 Å². The molecular formula is C11H21NO3. The van der Waals surface area contributed by atoms with Crippen LogP contribution in [0.15, 0.2) is 0 Å². The van der Waals surface area contributed by atoms with E-state index in [1.54, 1.807) is 0 Å². The van der Waals surface area contributed by atoms with Gasteiger partial charge in [0.15, 0.2) is 0 Å². The summed E-state index contributed by atoms with van der Waals surface area (Å²) in [6.45, 7) is 5.47. The zero-order chi connectivity index (χ0) is 11.1. The summed E-state index contributed by atoms with van der Waals surface area (Å²) < 4.78 is 10.1. The topological polar surface area (TPSA) is 38.8 Å². The molecule has 88 valence electrons. The molecule has 1 heterocycles. The van der Waals surface area contributed by atoms with E-state index >= 15 is 0 Å². The van der Waals surface area contributed by atoms with E-state index in [0.29, 0.717) is 0 Å². The molecule has 0 aromatic carbocycles. The number of likely N-dealkylation sites (tertiary alicyclic amines) is 1. The Kier molecular flexibility index (Phi) is 5.65. The molecule has 0 aliphatic carbocycles. The van der Waals surface area contributed by atoms with Crippen LogP contribution in [0.2, 0.25) is 0 Å². The number of esters is 1. The first-order chi connectivity index (χ1) is 7.29. The van der Waals surface area contributed by atoms with Crippen LogP contribution in [0.3, 0.4) is 0 Å². The van der Waals surface area contributed by atoms with Gasteiger partial charge in [-0.1, -0.05) is 0 Å². The largest absolute Gasteiger partial charge is 0.468 e. The van der Waals surface area contributed by atoms with Gasteiger partial charge < -0.3 is 9.47 Å². The summed E-state index contributed by atoms with van der Waals surface area (Å²) in [5.74, 6) is -0.0936. The Morgan fingerprint density at radius 3 is 3.00 bits per heavy atom. The van der Waals surface area contributed by atoms with Gasteiger partial charge in [0.05, 0.1) is 7.11 Å². The lowest BCUT2D eigenvalue weighted by molar-refractivity contribution is -0.145. The van der Waals surface area contributed by atoms with Gasteiger partial charge >= 0.3 is 5.97 Å². The highest BCUT2D eigenvalue weighted by molar-refractivity contribution is 5.75. The molecule has 1 aliphatic rings. The normalized spacial score (nSPS) is 21.9. The highest BCUT2D eigenvalue weighted by Crippen LogP contribution is 2.18. The minimum Gasteiger partial charge on any atom is -0.468 e. The second-order valence-corrected chi connectivity index (χ2v) is 3.77. The number of rotatable bonds is 6. The van der Waals surface area contributed by atoms with Crippen molar-refractivity contribution >= 4 is 5.97 Å². The molecule has 1 rings (SSSR count). The summed E-state index contributed by atoms with van der Waals surface area (Å²) in [6, 6.07) is -0.0170. The van der Waals surface area contributed by atoms with Crippen LogP contribution in [-0.4, -0.2) is 50.3 Å². The summed E-state index contributed by atoms with van der Waals surface area (Å²) in [5, 5.41) is 0. The first-order valence-corrected chi connectivity index (χ1v) is 5.69. The molecule has 0 aromatic rings. The van der Waals surface area contributed by atoms with Gasteiger partial charge in [0.1, 0.15) is 6.04 Å². The fraction of sp³-hybridized carbons (Fsp3) is 0.909. The number of hydrogen-bond acceptors (Lipinski definition) is 4. The third-order valence-electron chi connectivity index (χ3n) is 2.78. The summed E-state index contributed by atoms with van der Waals surface area (Å²) in [7, 11) is 1.46. The highest BCUT2D eigenvalue weighted by atomic mass is 16.5. The smallest absolute Gasteiger partial charge is 0.323 e. The predicted octanol–water partition coefficient (Wildman–Crippen LogP) is 1.05. The second kappa shape index (κ2) is 6.80. The van der Waals surface area contributed by atoms with Crippen molar-refractivity contribution in [2.45, 2.75) is 32.2 Å². The van der Waals surface area contributed by atoms with Crippen LogP contribution in [0.1, 0.15) is 26.2 Å². The fourth-order valence-electron chi connectivity index (χ4n) is 2.01. The van der Waals surface area contributed by atoms with E-state index < -0.39 is 0 Å². The van der Waals surface area contributed by atoms with E-state index in [1.165, 1.54) is 7.11 Å². The molecule has 15 heavy (non-hydrogen) atoms. The quantitative estimate of drug-likeness (QED) is 0.490. The van der Waals surface area contributed by atoms with Crippen molar-refractivity contribution in [2.75, 3.05) is 33.4 Å². The third kappa shape index (κ3) is 3.80. The van der Waals surface area contributed by atoms with Crippen molar-refractivity contribution in [1.82, 2.24) is 4.90 Å². The van der Waals surface area contributed by atoms with Gasteiger partial charge in [-0.25, -0.2) is 0 Å². The molecule has 1 atom stereocenters. The van der Waals surface area contributed by atoms with Gasteiger partial charge in [0, 0.05) is 19.8 Å². The number of hydrogen-bond donors (Lipinski definition) is 0. The molecule has 4 nitrogen and oxygen atoms in total. The van der Waals surface area contributed by atoms with Crippen molar-refractivity contribution in [3.05, 3.63) is 0 Å². The molecular weight excluding hydrogens is 194 g/mol. The minimum atomic E-state index is -0.0936. The van der Waals surface area contributed by atoms with E-state index in [2.05, 4.69) is 4.90 Å². The zero-order valence-electron chi connectivity index (χ0n) is 9.70. The fourth-order valence-corrected chi connectivity index (χ4v) is 2.01. The minimum absolute atomic E-state index is 0.0170. The monoisotopic (exact) mass is 215 g/mol. The SMILES string of the molecule is CCOCCCN1CCCC1C(=O)OC. The van der Waals surface area contributed by atoms with Gasteiger partial charge in [-0.05, 0) is 32.7 Å². The summed E-state index contributed by atoms with van der Waals surface area (Å²) in [6.07, 6.45) is 3.01. The summed E-state index contributed by atoms with van der Waals surface area (Å²) in [4.78, 5) is 13.6. The maximum atomic E-state index is 11.4. The number of methoxy groups -OCH3 is 1. The van der Waals surface area contributed by atoms with Crippen molar-refractivity contribution in [3.63, 3.8) is 0 Å². The van der Waals surface area contributed by atoms with Crippen molar-refractivity contribution < 1.29 is 14.3 Å². The van der Waals surface area contributed by atoms with E-state index in [4.69, 9.17) is 9.47 Å². The number of nitrogens with zero attached hydrogens (tertiary/aromatic N) is 1. The van der Waals surface area contributed by atoms with Crippen LogP contribution in [0.25, 0.3) is 0 Å². The first-order valence-electron chi connectivity index (χ1n) is 5.69. The summed E-state index contributed by atoms with van der Waals surface area (Å²) in [5.41, 5.74) is 0. The molecule has 0 bridgehead atoms. The Labute approximate surface area is 91.5 Å². The zero-order valence-corrected chi connectivity index (χ0v) is 9.70. The van der Waals surface area contributed by atoms with Gasteiger partial charge in [0.25, 0.3) is 0 Å². The molecule has 0 aromatic heterocycles. The Morgan fingerprint density at radius 2 is 2.33 bits per heavy atom. The average Bonchev–Trinajstić information content (AvgIpc) is 2.71. The average molecular weight is 215 g/mol. The van der Waals surface area contributed by atoms with Crippen LogP contribution < -0.4 is 0 Å². The predicted molar refractivity (Wildman–Crippen MR) is 57.7 cm³/mol. The van der Waals surface area contributed by atoms with E-state index in [0.717, 1.165) is 45.6 Å². The molecule has 0 radical (unpaired) electrons. The van der Waals surface area contributed by atoms with Gasteiger partial charge in [0.2, 0.25) is 0 Å². The van der Waals surface area contributed by atoms with E-state index in [1.807, 2.05) is 6.92 Å². The van der Waals surface area contributed by atoms with Gasteiger partial charge in [-0.15, -0.1) is 0 Å². The molecule has 1 fully saturated rings. The maximum absolute atomic E-state index is 11.4. The molecule has 1 saturated heterocycles. The Morgan fingerprint density at radius 1 is 1.53 bits per heavy atom. The van der Waals surface area contributed by atoms with Crippen molar-refractivity contribution in [3.8, 4) is 0 Å². The standard InChI is InChI=1S/C11H21NO3/c1-3-15-9-5-8-12-7-4-6-10(12)11(13)14-2/h10H,3-9H2,1-2H3. The van der Waals surface area contributed by atoms with Crippen LogP contribution in [0.5, 0.6) is 0 Å². The van der Waals surface area contributed by atoms with Crippen molar-refractivity contribution in [2.24, 2.45) is 0 Å². The van der Waals surface area contributed by atoms with Crippen LogP contribution >= 0.6 is 0 Å². The molecule has 0 amide bonds. The Bertz CT molecular complexity index is 196. The maximum Gasteiger partial charge on any atom is 0.323 e. The van der Waals surface area contributed by atoms with Crippen LogP contribution in [0, 0.1) is 0 Å². The lowest BCUT2D eigenvalue weighted by Crippen LogP contribution is -2.37.